The van der Waals surface area contributed by atoms with Crippen LogP contribution in [-0.2, 0) is 24.2 Å². The molecule has 3 aromatic rings. The van der Waals surface area contributed by atoms with E-state index >= 15 is 0 Å². The number of rotatable bonds is 6. The van der Waals surface area contributed by atoms with Gasteiger partial charge in [-0.1, -0.05) is 41.1 Å². The van der Waals surface area contributed by atoms with Gasteiger partial charge in [-0.15, -0.1) is 0 Å². The van der Waals surface area contributed by atoms with Crippen molar-refractivity contribution in [2.45, 2.75) is 45.8 Å². The summed E-state index contributed by atoms with van der Waals surface area (Å²) in [4.78, 5) is 13.7. The van der Waals surface area contributed by atoms with Gasteiger partial charge < -0.3 is 14.4 Å². The average molecular weight is 421 g/mol. The third kappa shape index (κ3) is 4.97. The maximum absolute atomic E-state index is 11.3. The monoisotopic (exact) mass is 420 g/mol. The summed E-state index contributed by atoms with van der Waals surface area (Å²) < 4.78 is 11.3. The molecule has 0 fully saturated rings. The standard InChI is InChI=1S/C25H28N2O4/c1-17-4-6-19(7-5-17)23-15-21(26-31-23)16-27-12-10-18-8-9-22(14-20(18)11-13-27)30-25(2,3)24(28)29/h4-9,14-15H,10-13,16H2,1-3H3,(H,28,29). The Morgan fingerprint density at radius 3 is 2.52 bits per heavy atom. The van der Waals surface area contributed by atoms with Gasteiger partial charge >= 0.3 is 5.97 Å². The van der Waals surface area contributed by atoms with Gasteiger partial charge in [0.05, 0.1) is 5.69 Å². The molecule has 1 aliphatic rings. The molecule has 0 atom stereocenters. The van der Waals surface area contributed by atoms with Crippen LogP contribution < -0.4 is 4.74 Å². The van der Waals surface area contributed by atoms with Crippen molar-refractivity contribution < 1.29 is 19.2 Å². The van der Waals surface area contributed by atoms with Crippen molar-refractivity contribution in [3.63, 3.8) is 0 Å². The Bertz CT molecular complexity index is 1070. The number of carboxylic acids is 1. The van der Waals surface area contributed by atoms with E-state index in [4.69, 9.17) is 9.26 Å². The highest BCUT2D eigenvalue weighted by Gasteiger charge is 2.29. The molecule has 0 saturated carbocycles. The second kappa shape index (κ2) is 8.55. The maximum Gasteiger partial charge on any atom is 0.347 e. The van der Waals surface area contributed by atoms with Crippen LogP contribution in [0.3, 0.4) is 0 Å². The zero-order chi connectivity index (χ0) is 22.0. The van der Waals surface area contributed by atoms with Gasteiger partial charge in [-0.3, -0.25) is 4.90 Å². The minimum atomic E-state index is -1.26. The first kappa shape index (κ1) is 21.1. The molecular formula is C25H28N2O4. The van der Waals surface area contributed by atoms with Crippen molar-refractivity contribution >= 4 is 5.97 Å². The summed E-state index contributed by atoms with van der Waals surface area (Å²) in [6, 6.07) is 16.2. The molecule has 1 N–H and O–H groups in total. The third-order valence-electron chi connectivity index (χ3n) is 5.74. The van der Waals surface area contributed by atoms with E-state index in [1.807, 2.05) is 30.3 Å². The number of carbonyl (C=O) groups is 1. The van der Waals surface area contributed by atoms with Crippen LogP contribution in [0.5, 0.6) is 5.75 Å². The van der Waals surface area contributed by atoms with Crippen LogP contribution in [0.25, 0.3) is 11.3 Å². The molecule has 31 heavy (non-hydrogen) atoms. The number of fused-ring (bicyclic) bond motifs is 1. The minimum Gasteiger partial charge on any atom is -0.478 e. The van der Waals surface area contributed by atoms with Crippen LogP contribution >= 0.6 is 0 Å². The Labute approximate surface area is 182 Å². The Morgan fingerprint density at radius 2 is 1.81 bits per heavy atom. The number of hydrogen-bond donors (Lipinski definition) is 1. The Hall–Kier alpha value is -3.12. The van der Waals surface area contributed by atoms with Crippen LogP contribution in [0.15, 0.2) is 53.1 Å². The van der Waals surface area contributed by atoms with E-state index in [0.29, 0.717) is 5.75 Å². The van der Waals surface area contributed by atoms with Gasteiger partial charge in [-0.2, -0.15) is 0 Å². The molecule has 1 aliphatic heterocycles. The maximum atomic E-state index is 11.3. The first-order valence-corrected chi connectivity index (χ1v) is 10.6. The fourth-order valence-electron chi connectivity index (χ4n) is 3.78. The number of carboxylic acid groups (broad SMARTS) is 1. The molecule has 6 heteroatoms. The molecule has 4 rings (SSSR count). The zero-order valence-corrected chi connectivity index (χ0v) is 18.2. The van der Waals surface area contributed by atoms with Crippen molar-refractivity contribution in [1.29, 1.82) is 0 Å². The second-order valence-electron chi connectivity index (χ2n) is 8.67. The summed E-state index contributed by atoms with van der Waals surface area (Å²) in [5.41, 5.74) is 4.41. The van der Waals surface area contributed by atoms with Gasteiger partial charge in [0.1, 0.15) is 5.75 Å². The lowest BCUT2D eigenvalue weighted by Gasteiger charge is -2.22. The molecule has 2 heterocycles. The molecule has 0 amide bonds. The van der Waals surface area contributed by atoms with Crippen LogP contribution in [-0.4, -0.2) is 39.8 Å². The lowest BCUT2D eigenvalue weighted by atomic mass is 10.0. The molecule has 0 radical (unpaired) electrons. The smallest absolute Gasteiger partial charge is 0.347 e. The number of aryl methyl sites for hydroxylation is 1. The highest BCUT2D eigenvalue weighted by Crippen LogP contribution is 2.26. The third-order valence-corrected chi connectivity index (χ3v) is 5.74. The van der Waals surface area contributed by atoms with Crippen molar-refractivity contribution in [1.82, 2.24) is 10.1 Å². The van der Waals surface area contributed by atoms with E-state index < -0.39 is 11.6 Å². The highest BCUT2D eigenvalue weighted by atomic mass is 16.5. The van der Waals surface area contributed by atoms with E-state index in [-0.39, 0.29) is 0 Å². The van der Waals surface area contributed by atoms with Crippen molar-refractivity contribution in [2.75, 3.05) is 13.1 Å². The van der Waals surface area contributed by atoms with Crippen molar-refractivity contribution in [2.24, 2.45) is 0 Å². The molecule has 2 aromatic carbocycles. The van der Waals surface area contributed by atoms with Crippen LogP contribution in [0.1, 0.15) is 36.2 Å². The number of aliphatic carboxylic acids is 1. The highest BCUT2D eigenvalue weighted by molar-refractivity contribution is 5.76. The largest absolute Gasteiger partial charge is 0.478 e. The van der Waals surface area contributed by atoms with E-state index in [1.54, 1.807) is 13.8 Å². The minimum absolute atomic E-state index is 0.596. The predicted octanol–water partition coefficient (Wildman–Crippen LogP) is 4.49. The summed E-state index contributed by atoms with van der Waals surface area (Å²) in [6.07, 6.45) is 1.81. The van der Waals surface area contributed by atoms with E-state index in [1.165, 1.54) is 16.7 Å². The molecule has 162 valence electrons. The Balaban J connectivity index is 1.41. The average Bonchev–Trinajstić information content (AvgIpc) is 3.10. The summed E-state index contributed by atoms with van der Waals surface area (Å²) in [7, 11) is 0. The Morgan fingerprint density at radius 1 is 1.10 bits per heavy atom. The number of nitrogens with zero attached hydrogens (tertiary/aromatic N) is 2. The lowest BCUT2D eigenvalue weighted by Crippen LogP contribution is -2.37. The SMILES string of the molecule is Cc1ccc(-c2cc(CN3CCc4ccc(OC(C)(C)C(=O)O)cc4CC3)no2)cc1. The van der Waals surface area contributed by atoms with Gasteiger partial charge in [0.2, 0.25) is 0 Å². The Kier molecular flexibility index (Phi) is 5.83. The predicted molar refractivity (Wildman–Crippen MR) is 118 cm³/mol. The van der Waals surface area contributed by atoms with Gasteiger partial charge in [-0.05, 0) is 56.9 Å². The normalized spacial score (nSPS) is 14.7. The summed E-state index contributed by atoms with van der Waals surface area (Å²) >= 11 is 0. The van der Waals surface area contributed by atoms with E-state index in [2.05, 4.69) is 35.2 Å². The number of ether oxygens (including phenoxy) is 1. The molecule has 0 bridgehead atoms. The molecule has 0 aliphatic carbocycles. The first-order valence-electron chi connectivity index (χ1n) is 10.6. The second-order valence-corrected chi connectivity index (χ2v) is 8.67. The first-order chi connectivity index (χ1) is 14.8. The molecule has 6 nitrogen and oxygen atoms in total. The van der Waals surface area contributed by atoms with E-state index in [0.717, 1.165) is 49.5 Å². The van der Waals surface area contributed by atoms with Crippen LogP contribution in [0, 0.1) is 6.92 Å². The fourth-order valence-corrected chi connectivity index (χ4v) is 3.78. The quantitative estimate of drug-likeness (QED) is 0.633. The molecule has 1 aromatic heterocycles. The molecule has 0 unspecified atom stereocenters. The number of hydrogen-bond acceptors (Lipinski definition) is 5. The summed E-state index contributed by atoms with van der Waals surface area (Å²) in [6.45, 7) is 7.75. The summed E-state index contributed by atoms with van der Waals surface area (Å²) in [5, 5.41) is 13.6. The topological polar surface area (TPSA) is 75.8 Å². The molecule has 0 saturated heterocycles. The van der Waals surface area contributed by atoms with Crippen LogP contribution in [0.2, 0.25) is 0 Å². The molecular weight excluding hydrogens is 392 g/mol. The van der Waals surface area contributed by atoms with Crippen LogP contribution in [0.4, 0.5) is 0 Å². The summed E-state index contributed by atoms with van der Waals surface area (Å²) in [5.74, 6) is 0.404. The number of benzene rings is 2. The van der Waals surface area contributed by atoms with Crippen molar-refractivity contribution in [3.8, 4) is 17.1 Å². The lowest BCUT2D eigenvalue weighted by molar-refractivity contribution is -0.152. The van der Waals surface area contributed by atoms with Gasteiger partial charge in [0.25, 0.3) is 0 Å². The van der Waals surface area contributed by atoms with Gasteiger partial charge in [0.15, 0.2) is 11.4 Å². The van der Waals surface area contributed by atoms with Gasteiger partial charge in [-0.25, -0.2) is 4.79 Å². The van der Waals surface area contributed by atoms with E-state index in [9.17, 15) is 9.90 Å². The number of aromatic nitrogens is 1. The van der Waals surface area contributed by atoms with Crippen molar-refractivity contribution in [3.05, 3.63) is 70.9 Å². The zero-order valence-electron chi connectivity index (χ0n) is 18.2. The van der Waals surface area contributed by atoms with Gasteiger partial charge in [0, 0.05) is 31.3 Å². The fraction of sp³-hybridized carbons (Fsp3) is 0.360. The molecule has 0 spiro atoms.